The van der Waals surface area contributed by atoms with Crippen molar-refractivity contribution in [3.05, 3.63) is 59.7 Å². The third kappa shape index (κ3) is 4.42. The Balaban J connectivity index is 1.60. The van der Waals surface area contributed by atoms with Gasteiger partial charge in [0.25, 0.3) is 0 Å². The number of methoxy groups -OCH3 is 1. The maximum absolute atomic E-state index is 13.8. The Morgan fingerprint density at radius 3 is 2.85 bits per heavy atom. The number of carbonyl (C=O) groups excluding carboxylic acids is 2. The molecule has 0 saturated carbocycles. The molecular formula is C20H22FN3O3. The van der Waals surface area contributed by atoms with E-state index in [0.717, 1.165) is 5.69 Å². The SMILES string of the molecule is COc1ccc(CN(C)C(=O)C2CC(=O)N(Cc3ccccn3)C2)cc1F. The van der Waals surface area contributed by atoms with E-state index in [0.29, 0.717) is 18.7 Å². The number of hydrogen-bond donors (Lipinski definition) is 0. The van der Waals surface area contributed by atoms with Crippen LogP contribution in [-0.2, 0) is 22.7 Å². The number of benzene rings is 1. The lowest BCUT2D eigenvalue weighted by Gasteiger charge is -2.21. The zero-order valence-electron chi connectivity index (χ0n) is 15.4. The maximum Gasteiger partial charge on any atom is 0.228 e. The number of rotatable bonds is 6. The molecule has 0 N–H and O–H groups in total. The molecule has 1 aromatic heterocycles. The third-order valence-electron chi connectivity index (χ3n) is 4.65. The van der Waals surface area contributed by atoms with Gasteiger partial charge in [-0.2, -0.15) is 0 Å². The second kappa shape index (κ2) is 8.16. The van der Waals surface area contributed by atoms with Crippen LogP contribution in [0.15, 0.2) is 42.6 Å². The Labute approximate surface area is 157 Å². The van der Waals surface area contributed by atoms with Crippen molar-refractivity contribution in [2.24, 2.45) is 5.92 Å². The smallest absolute Gasteiger partial charge is 0.228 e. The highest BCUT2D eigenvalue weighted by Crippen LogP contribution is 2.23. The average molecular weight is 371 g/mol. The lowest BCUT2D eigenvalue weighted by Crippen LogP contribution is -2.34. The van der Waals surface area contributed by atoms with E-state index < -0.39 is 11.7 Å². The molecule has 1 saturated heterocycles. The predicted molar refractivity (Wildman–Crippen MR) is 97.2 cm³/mol. The van der Waals surface area contributed by atoms with Gasteiger partial charge in [0.1, 0.15) is 0 Å². The molecule has 0 radical (unpaired) electrons. The van der Waals surface area contributed by atoms with Crippen molar-refractivity contribution in [1.29, 1.82) is 0 Å². The van der Waals surface area contributed by atoms with Gasteiger partial charge in [-0.15, -0.1) is 0 Å². The van der Waals surface area contributed by atoms with Crippen molar-refractivity contribution < 1.29 is 18.7 Å². The van der Waals surface area contributed by atoms with Crippen LogP contribution in [0.4, 0.5) is 4.39 Å². The highest BCUT2D eigenvalue weighted by atomic mass is 19.1. The fourth-order valence-electron chi connectivity index (χ4n) is 3.25. The van der Waals surface area contributed by atoms with E-state index in [1.807, 2.05) is 18.2 Å². The maximum atomic E-state index is 13.8. The first-order chi connectivity index (χ1) is 13.0. The molecule has 142 valence electrons. The number of likely N-dealkylation sites (tertiary alicyclic amines) is 1. The molecule has 2 aromatic rings. The second-order valence-corrected chi connectivity index (χ2v) is 6.66. The standard InChI is InChI=1S/C20H22FN3O3/c1-23(11-14-6-7-18(27-2)17(21)9-14)20(26)15-10-19(25)24(12-15)13-16-5-3-4-8-22-16/h3-9,15H,10-13H2,1-2H3. The predicted octanol–water partition coefficient (Wildman–Crippen LogP) is 2.24. The first-order valence-corrected chi connectivity index (χ1v) is 8.73. The quantitative estimate of drug-likeness (QED) is 0.781. The van der Waals surface area contributed by atoms with Crippen LogP contribution in [0.2, 0.25) is 0 Å². The molecule has 1 atom stereocenters. The minimum atomic E-state index is -0.464. The molecule has 2 amide bonds. The van der Waals surface area contributed by atoms with Gasteiger partial charge in [-0.1, -0.05) is 12.1 Å². The van der Waals surface area contributed by atoms with Crippen LogP contribution in [-0.4, -0.2) is 47.3 Å². The minimum Gasteiger partial charge on any atom is -0.494 e. The molecule has 7 heteroatoms. The monoisotopic (exact) mass is 371 g/mol. The molecule has 1 fully saturated rings. The topological polar surface area (TPSA) is 62.7 Å². The van der Waals surface area contributed by atoms with Gasteiger partial charge in [0.15, 0.2) is 11.6 Å². The van der Waals surface area contributed by atoms with Gasteiger partial charge in [-0.25, -0.2) is 4.39 Å². The van der Waals surface area contributed by atoms with E-state index in [2.05, 4.69) is 4.98 Å². The molecule has 0 aliphatic carbocycles. The number of hydrogen-bond acceptors (Lipinski definition) is 4. The van der Waals surface area contributed by atoms with E-state index in [-0.39, 0.29) is 30.5 Å². The summed E-state index contributed by atoms with van der Waals surface area (Å²) >= 11 is 0. The van der Waals surface area contributed by atoms with Gasteiger partial charge >= 0.3 is 0 Å². The Hall–Kier alpha value is -2.96. The van der Waals surface area contributed by atoms with Crippen LogP contribution in [0.25, 0.3) is 0 Å². The van der Waals surface area contributed by atoms with Gasteiger partial charge in [0.05, 0.1) is 25.3 Å². The fraction of sp³-hybridized carbons (Fsp3) is 0.350. The lowest BCUT2D eigenvalue weighted by atomic mass is 10.1. The number of carbonyl (C=O) groups is 2. The zero-order chi connectivity index (χ0) is 19.4. The van der Waals surface area contributed by atoms with Gasteiger partial charge < -0.3 is 14.5 Å². The van der Waals surface area contributed by atoms with Gasteiger partial charge in [0, 0.05) is 32.8 Å². The summed E-state index contributed by atoms with van der Waals surface area (Å²) < 4.78 is 18.7. The molecule has 1 aliphatic rings. The summed E-state index contributed by atoms with van der Waals surface area (Å²) in [5.74, 6) is -0.868. The fourth-order valence-corrected chi connectivity index (χ4v) is 3.25. The number of aromatic nitrogens is 1. The number of pyridine rings is 1. The molecule has 2 heterocycles. The number of halogens is 1. The normalized spacial score (nSPS) is 16.5. The number of nitrogens with zero attached hydrogens (tertiary/aromatic N) is 3. The van der Waals surface area contributed by atoms with Crippen LogP contribution < -0.4 is 4.74 Å². The second-order valence-electron chi connectivity index (χ2n) is 6.66. The Kier molecular flexibility index (Phi) is 5.69. The molecule has 6 nitrogen and oxygen atoms in total. The van der Waals surface area contributed by atoms with Crippen LogP contribution in [0.3, 0.4) is 0 Å². The van der Waals surface area contributed by atoms with Crippen molar-refractivity contribution >= 4 is 11.8 Å². The highest BCUT2D eigenvalue weighted by molar-refractivity contribution is 5.89. The third-order valence-corrected chi connectivity index (χ3v) is 4.65. The highest BCUT2D eigenvalue weighted by Gasteiger charge is 2.35. The van der Waals surface area contributed by atoms with E-state index >= 15 is 0 Å². The number of ether oxygens (including phenoxy) is 1. The zero-order valence-corrected chi connectivity index (χ0v) is 15.4. The van der Waals surface area contributed by atoms with Gasteiger partial charge in [0.2, 0.25) is 11.8 Å². The average Bonchev–Trinajstić information content (AvgIpc) is 3.02. The molecule has 1 aliphatic heterocycles. The Morgan fingerprint density at radius 2 is 2.19 bits per heavy atom. The van der Waals surface area contributed by atoms with Crippen LogP contribution in [0.5, 0.6) is 5.75 Å². The summed E-state index contributed by atoms with van der Waals surface area (Å²) in [4.78, 5) is 32.4. The van der Waals surface area contributed by atoms with Crippen molar-refractivity contribution in [2.45, 2.75) is 19.5 Å². The summed E-state index contributed by atoms with van der Waals surface area (Å²) in [6.45, 7) is 1.04. The van der Waals surface area contributed by atoms with E-state index in [1.54, 1.807) is 24.2 Å². The molecule has 3 rings (SSSR count). The minimum absolute atomic E-state index is 0.0529. The molecule has 1 aromatic carbocycles. The summed E-state index contributed by atoms with van der Waals surface area (Å²) in [7, 11) is 3.07. The largest absolute Gasteiger partial charge is 0.494 e. The van der Waals surface area contributed by atoms with Crippen molar-refractivity contribution in [3.63, 3.8) is 0 Å². The van der Waals surface area contributed by atoms with Crippen LogP contribution in [0.1, 0.15) is 17.7 Å². The van der Waals surface area contributed by atoms with Crippen molar-refractivity contribution in [1.82, 2.24) is 14.8 Å². The Bertz CT molecular complexity index is 828. The van der Waals surface area contributed by atoms with Crippen LogP contribution >= 0.6 is 0 Å². The Morgan fingerprint density at radius 1 is 1.37 bits per heavy atom. The summed E-state index contributed by atoms with van der Waals surface area (Å²) in [6.07, 6.45) is 1.87. The van der Waals surface area contributed by atoms with Gasteiger partial charge in [-0.05, 0) is 29.8 Å². The van der Waals surface area contributed by atoms with Crippen LogP contribution in [0, 0.1) is 11.7 Å². The van der Waals surface area contributed by atoms with Gasteiger partial charge in [-0.3, -0.25) is 14.6 Å². The first-order valence-electron chi connectivity index (χ1n) is 8.73. The van der Waals surface area contributed by atoms with E-state index in [9.17, 15) is 14.0 Å². The molecular weight excluding hydrogens is 349 g/mol. The molecule has 0 spiro atoms. The molecule has 0 bridgehead atoms. The summed E-state index contributed by atoms with van der Waals surface area (Å²) in [5.41, 5.74) is 1.46. The molecule has 1 unspecified atom stereocenters. The van der Waals surface area contributed by atoms with Crippen molar-refractivity contribution in [3.8, 4) is 5.75 Å². The van der Waals surface area contributed by atoms with Crippen molar-refractivity contribution in [2.75, 3.05) is 20.7 Å². The van der Waals surface area contributed by atoms with E-state index in [4.69, 9.17) is 4.74 Å². The lowest BCUT2D eigenvalue weighted by molar-refractivity contribution is -0.135. The first kappa shape index (κ1) is 18.8. The summed E-state index contributed by atoms with van der Waals surface area (Å²) in [5, 5.41) is 0. The number of amides is 2. The van der Waals surface area contributed by atoms with E-state index in [1.165, 1.54) is 24.1 Å². The molecule has 27 heavy (non-hydrogen) atoms. The summed E-state index contributed by atoms with van der Waals surface area (Å²) in [6, 6.07) is 10.2.